The number of hydrogen-bond acceptors (Lipinski definition) is 6. The molecule has 1 aliphatic rings. The first-order valence-electron chi connectivity index (χ1n) is 8.87. The maximum atomic E-state index is 13.4. The number of thiazole rings is 1. The number of aryl methyl sites for hydroxylation is 1. The molecule has 1 fully saturated rings. The summed E-state index contributed by atoms with van der Waals surface area (Å²) in [4.78, 5) is 30.0. The van der Waals surface area contributed by atoms with Gasteiger partial charge in [-0.1, -0.05) is 0 Å². The first kappa shape index (κ1) is 19.6. The van der Waals surface area contributed by atoms with Crippen molar-refractivity contribution < 1.29 is 18.0 Å². The van der Waals surface area contributed by atoms with Crippen LogP contribution >= 0.6 is 11.3 Å². The largest absolute Gasteiger partial charge is 0.433 e. The van der Waals surface area contributed by atoms with Gasteiger partial charge >= 0.3 is 6.18 Å². The third-order valence-electron chi connectivity index (χ3n) is 4.46. The standard InChI is InChI=1S/C17H17F3N6O2S/c1-3-21-15(28)14-8(2)29-16-23-9(4-13(27)26(14)16)7-25-12(17(18,19)20)5-10(24-25)11-6-22-11/h4-5,11,22H,3,6-7H2,1-2H3,(H,21,28). The molecule has 29 heavy (non-hydrogen) atoms. The normalized spacial score (nSPS) is 16.4. The number of nitrogens with zero attached hydrogens (tertiary/aromatic N) is 4. The molecule has 0 radical (unpaired) electrons. The van der Waals surface area contributed by atoms with Crippen LogP contribution in [0.3, 0.4) is 0 Å². The number of alkyl halides is 3. The molecular formula is C17H17F3N6O2S. The maximum Gasteiger partial charge on any atom is 0.433 e. The Kier molecular flexibility index (Phi) is 4.69. The highest BCUT2D eigenvalue weighted by molar-refractivity contribution is 7.17. The average Bonchev–Trinajstić information content (AvgIpc) is 3.28. The van der Waals surface area contributed by atoms with Crippen molar-refractivity contribution in [1.82, 2.24) is 29.8 Å². The highest BCUT2D eigenvalue weighted by Crippen LogP contribution is 2.33. The minimum atomic E-state index is -4.58. The molecule has 1 saturated heterocycles. The van der Waals surface area contributed by atoms with Gasteiger partial charge in [-0.3, -0.25) is 14.3 Å². The van der Waals surface area contributed by atoms with E-state index in [1.165, 1.54) is 4.40 Å². The molecule has 0 aliphatic carbocycles. The summed E-state index contributed by atoms with van der Waals surface area (Å²) in [5.41, 5.74) is -0.787. The Labute approximate surface area is 166 Å². The molecule has 12 heteroatoms. The molecule has 4 heterocycles. The van der Waals surface area contributed by atoms with Gasteiger partial charge in [0.2, 0.25) is 0 Å². The van der Waals surface area contributed by atoms with Crippen LogP contribution in [-0.2, 0) is 12.7 Å². The molecule has 0 bridgehead atoms. The minimum absolute atomic E-state index is 0.141. The van der Waals surface area contributed by atoms with Gasteiger partial charge in [0.25, 0.3) is 11.5 Å². The second kappa shape index (κ2) is 6.95. The second-order valence-electron chi connectivity index (χ2n) is 6.64. The number of fused-ring (bicyclic) bond motifs is 1. The number of amides is 1. The third kappa shape index (κ3) is 3.65. The lowest BCUT2D eigenvalue weighted by atomic mass is 10.3. The van der Waals surface area contributed by atoms with E-state index < -0.39 is 23.3 Å². The number of halogens is 3. The van der Waals surface area contributed by atoms with Gasteiger partial charge in [0.05, 0.1) is 24.0 Å². The van der Waals surface area contributed by atoms with Crippen molar-refractivity contribution in [2.24, 2.45) is 0 Å². The Morgan fingerprint density at radius 2 is 2.14 bits per heavy atom. The molecule has 0 aromatic carbocycles. The van der Waals surface area contributed by atoms with Crippen LogP contribution in [0.15, 0.2) is 16.9 Å². The summed E-state index contributed by atoms with van der Waals surface area (Å²) in [5.74, 6) is -0.402. The van der Waals surface area contributed by atoms with E-state index in [1.807, 2.05) is 0 Å². The summed E-state index contributed by atoms with van der Waals surface area (Å²) in [6, 6.07) is 1.97. The Morgan fingerprint density at radius 3 is 2.76 bits per heavy atom. The molecule has 0 saturated carbocycles. The van der Waals surface area contributed by atoms with Crippen molar-refractivity contribution in [3.8, 4) is 0 Å². The van der Waals surface area contributed by atoms with E-state index in [0.29, 0.717) is 23.7 Å². The zero-order chi connectivity index (χ0) is 20.9. The van der Waals surface area contributed by atoms with Gasteiger partial charge in [-0.15, -0.1) is 11.3 Å². The molecule has 4 rings (SSSR count). The number of carbonyl (C=O) groups excluding carboxylic acids is 1. The lowest BCUT2D eigenvalue weighted by molar-refractivity contribution is -0.144. The molecule has 1 aliphatic heterocycles. The molecule has 3 aromatic heterocycles. The van der Waals surface area contributed by atoms with Gasteiger partial charge in [0, 0.05) is 24.0 Å². The average molecular weight is 426 g/mol. The van der Waals surface area contributed by atoms with Crippen LogP contribution in [0.5, 0.6) is 0 Å². The summed E-state index contributed by atoms with van der Waals surface area (Å²) in [7, 11) is 0. The molecule has 1 amide bonds. The summed E-state index contributed by atoms with van der Waals surface area (Å²) in [5, 5.41) is 9.61. The van der Waals surface area contributed by atoms with Gasteiger partial charge in [0.1, 0.15) is 11.4 Å². The molecule has 0 spiro atoms. The van der Waals surface area contributed by atoms with E-state index in [-0.39, 0.29) is 28.9 Å². The quantitative estimate of drug-likeness (QED) is 0.605. The minimum Gasteiger partial charge on any atom is -0.351 e. The van der Waals surface area contributed by atoms with Gasteiger partial charge in [-0.2, -0.15) is 18.3 Å². The number of carbonyl (C=O) groups is 1. The van der Waals surface area contributed by atoms with E-state index in [1.54, 1.807) is 13.8 Å². The van der Waals surface area contributed by atoms with Gasteiger partial charge in [-0.05, 0) is 19.9 Å². The lowest BCUT2D eigenvalue weighted by Crippen LogP contribution is -2.28. The Balaban J connectivity index is 1.75. The van der Waals surface area contributed by atoms with Crippen molar-refractivity contribution >= 4 is 22.2 Å². The smallest absolute Gasteiger partial charge is 0.351 e. The number of rotatable bonds is 5. The molecule has 1 unspecified atom stereocenters. The number of nitrogens with one attached hydrogen (secondary N) is 2. The van der Waals surface area contributed by atoms with Crippen LogP contribution in [0.25, 0.3) is 4.96 Å². The highest BCUT2D eigenvalue weighted by Gasteiger charge is 2.38. The van der Waals surface area contributed by atoms with E-state index >= 15 is 0 Å². The Morgan fingerprint density at radius 1 is 1.41 bits per heavy atom. The fraction of sp³-hybridized carbons (Fsp3) is 0.412. The first-order valence-corrected chi connectivity index (χ1v) is 9.69. The first-order chi connectivity index (χ1) is 13.7. The van der Waals surface area contributed by atoms with Crippen molar-refractivity contribution in [2.75, 3.05) is 13.1 Å². The van der Waals surface area contributed by atoms with Crippen LogP contribution in [0.1, 0.15) is 45.4 Å². The van der Waals surface area contributed by atoms with E-state index in [9.17, 15) is 22.8 Å². The topological polar surface area (TPSA) is 103 Å². The zero-order valence-electron chi connectivity index (χ0n) is 15.5. The van der Waals surface area contributed by atoms with E-state index in [0.717, 1.165) is 28.2 Å². The second-order valence-corrected chi connectivity index (χ2v) is 7.82. The number of aromatic nitrogens is 4. The molecule has 2 N–H and O–H groups in total. The predicted octanol–water partition coefficient (Wildman–Crippen LogP) is 1.72. The zero-order valence-corrected chi connectivity index (χ0v) is 16.3. The van der Waals surface area contributed by atoms with Crippen LogP contribution < -0.4 is 16.2 Å². The van der Waals surface area contributed by atoms with Crippen LogP contribution in [0, 0.1) is 6.92 Å². The molecular weight excluding hydrogens is 409 g/mol. The SMILES string of the molecule is CCNC(=O)c1c(C)sc2nc(Cn3nc(C4CN4)cc3C(F)(F)F)cc(=O)n12. The molecule has 154 valence electrons. The summed E-state index contributed by atoms with van der Waals surface area (Å²) >= 11 is 1.13. The van der Waals surface area contributed by atoms with Crippen molar-refractivity contribution in [3.63, 3.8) is 0 Å². The molecule has 3 aromatic rings. The Bertz CT molecular complexity index is 1160. The fourth-order valence-corrected chi connectivity index (χ4v) is 4.08. The van der Waals surface area contributed by atoms with Gasteiger partial charge in [-0.25, -0.2) is 9.38 Å². The van der Waals surface area contributed by atoms with Gasteiger partial charge < -0.3 is 10.6 Å². The molecule has 8 nitrogen and oxygen atoms in total. The van der Waals surface area contributed by atoms with Crippen LogP contribution in [0.2, 0.25) is 0 Å². The van der Waals surface area contributed by atoms with Crippen LogP contribution in [-0.4, -0.2) is 38.2 Å². The summed E-state index contributed by atoms with van der Waals surface area (Å²) in [6.45, 7) is 4.12. The fourth-order valence-electron chi connectivity index (χ4n) is 3.09. The summed E-state index contributed by atoms with van der Waals surface area (Å²) in [6.07, 6.45) is -4.58. The third-order valence-corrected chi connectivity index (χ3v) is 5.42. The molecule has 1 atom stereocenters. The predicted molar refractivity (Wildman–Crippen MR) is 99.2 cm³/mol. The lowest BCUT2D eigenvalue weighted by Gasteiger charge is -2.10. The maximum absolute atomic E-state index is 13.4. The Hall–Kier alpha value is -2.73. The monoisotopic (exact) mass is 426 g/mol. The van der Waals surface area contributed by atoms with E-state index in [4.69, 9.17) is 0 Å². The summed E-state index contributed by atoms with van der Waals surface area (Å²) < 4.78 is 42.2. The van der Waals surface area contributed by atoms with Gasteiger partial charge in [0.15, 0.2) is 4.96 Å². The number of hydrogen-bond donors (Lipinski definition) is 2. The van der Waals surface area contributed by atoms with E-state index in [2.05, 4.69) is 20.7 Å². The van der Waals surface area contributed by atoms with Crippen LogP contribution in [0.4, 0.5) is 13.2 Å². The van der Waals surface area contributed by atoms with Crippen molar-refractivity contribution in [1.29, 1.82) is 0 Å². The highest BCUT2D eigenvalue weighted by atomic mass is 32.1. The van der Waals surface area contributed by atoms with Crippen molar-refractivity contribution in [3.05, 3.63) is 50.1 Å². The van der Waals surface area contributed by atoms with Crippen molar-refractivity contribution in [2.45, 2.75) is 32.6 Å².